The van der Waals surface area contributed by atoms with Gasteiger partial charge in [0, 0.05) is 6.04 Å². The van der Waals surface area contributed by atoms with Gasteiger partial charge in [0.25, 0.3) is 11.8 Å². The molecule has 2 aliphatic rings. The van der Waals surface area contributed by atoms with Gasteiger partial charge in [0.15, 0.2) is 5.76 Å². The van der Waals surface area contributed by atoms with Gasteiger partial charge < -0.3 is 9.84 Å². The van der Waals surface area contributed by atoms with E-state index in [1.54, 1.807) is 24.3 Å². The molecule has 1 aromatic rings. The van der Waals surface area contributed by atoms with E-state index in [0.717, 1.165) is 38.5 Å². The van der Waals surface area contributed by atoms with Gasteiger partial charge in [-0.2, -0.15) is 0 Å². The first kappa shape index (κ1) is 16.6. The maximum atomic E-state index is 12.8. The van der Waals surface area contributed by atoms with Crippen LogP contribution in [-0.4, -0.2) is 34.5 Å². The number of aliphatic hydroxyl groups is 1. The largest absolute Gasteiger partial charge is 0.502 e. The molecule has 0 aromatic heterocycles. The average molecular weight is 329 g/mol. The van der Waals surface area contributed by atoms with Crippen LogP contribution in [0.15, 0.2) is 30.0 Å². The lowest BCUT2D eigenvalue weighted by molar-refractivity contribution is -0.141. The van der Waals surface area contributed by atoms with E-state index in [4.69, 9.17) is 4.74 Å². The van der Waals surface area contributed by atoms with E-state index in [-0.39, 0.29) is 17.5 Å². The van der Waals surface area contributed by atoms with E-state index in [1.807, 2.05) is 6.92 Å². The van der Waals surface area contributed by atoms with E-state index < -0.39 is 11.7 Å². The molecule has 128 valence electrons. The third kappa shape index (κ3) is 3.03. The molecule has 1 N–H and O–H groups in total. The van der Waals surface area contributed by atoms with Crippen LogP contribution >= 0.6 is 0 Å². The van der Waals surface area contributed by atoms with Crippen molar-refractivity contribution in [3.05, 3.63) is 35.6 Å². The van der Waals surface area contributed by atoms with Crippen molar-refractivity contribution in [2.24, 2.45) is 0 Å². The Labute approximate surface area is 141 Å². The summed E-state index contributed by atoms with van der Waals surface area (Å²) in [5.74, 6) is -0.684. The van der Waals surface area contributed by atoms with E-state index in [1.165, 1.54) is 4.90 Å². The Morgan fingerprint density at radius 3 is 2.25 bits per heavy atom. The molecule has 0 spiro atoms. The molecule has 5 heteroatoms. The van der Waals surface area contributed by atoms with Crippen molar-refractivity contribution in [3.8, 4) is 5.75 Å². The van der Waals surface area contributed by atoms with Crippen LogP contribution in [0.3, 0.4) is 0 Å². The molecule has 1 fully saturated rings. The molecule has 3 rings (SSSR count). The fourth-order valence-electron chi connectivity index (χ4n) is 3.53. The zero-order chi connectivity index (χ0) is 17.1. The van der Waals surface area contributed by atoms with Crippen LogP contribution in [0.5, 0.6) is 5.75 Å². The quantitative estimate of drug-likeness (QED) is 0.679. The molecule has 1 saturated carbocycles. The number of carbonyl (C=O) groups excluding carboxylic acids is 2. The summed E-state index contributed by atoms with van der Waals surface area (Å²) in [5.41, 5.74) is 0.651. The molecule has 24 heavy (non-hydrogen) atoms. The normalized spacial score (nSPS) is 19.8. The number of hydrogen-bond donors (Lipinski definition) is 1. The maximum absolute atomic E-state index is 12.8. The van der Waals surface area contributed by atoms with Gasteiger partial charge in [0.05, 0.1) is 12.2 Å². The summed E-state index contributed by atoms with van der Waals surface area (Å²) in [7, 11) is 0. The van der Waals surface area contributed by atoms with Gasteiger partial charge >= 0.3 is 0 Å². The Balaban J connectivity index is 1.85. The number of amides is 2. The van der Waals surface area contributed by atoms with Crippen LogP contribution in [0.1, 0.15) is 51.0 Å². The summed E-state index contributed by atoms with van der Waals surface area (Å²) in [6.45, 7) is 2.45. The van der Waals surface area contributed by atoms with Gasteiger partial charge in [-0.25, -0.2) is 0 Å². The second kappa shape index (κ2) is 7.07. The SMILES string of the molecule is CCOc1ccc(C2=C(O)C(=O)N(C3CCCCCC3)C2=O)cc1. The van der Waals surface area contributed by atoms with Crippen molar-refractivity contribution in [3.63, 3.8) is 0 Å². The molecule has 0 bridgehead atoms. The minimum atomic E-state index is -0.559. The van der Waals surface area contributed by atoms with Crippen molar-refractivity contribution >= 4 is 17.4 Å². The molecule has 0 atom stereocenters. The first-order valence-electron chi connectivity index (χ1n) is 8.68. The summed E-state index contributed by atoms with van der Waals surface area (Å²) >= 11 is 0. The van der Waals surface area contributed by atoms with Crippen molar-refractivity contribution in [1.29, 1.82) is 0 Å². The first-order chi connectivity index (χ1) is 11.6. The standard InChI is InChI=1S/C19H23NO4/c1-2-24-15-11-9-13(10-12-15)16-17(21)19(23)20(18(16)22)14-7-5-3-4-6-8-14/h9-12,14,21H,2-8H2,1H3. The monoisotopic (exact) mass is 329 g/mol. The molecular weight excluding hydrogens is 306 g/mol. The van der Waals surface area contributed by atoms with Gasteiger partial charge in [-0.3, -0.25) is 14.5 Å². The molecule has 1 aliphatic carbocycles. The second-order valence-corrected chi connectivity index (χ2v) is 6.31. The maximum Gasteiger partial charge on any atom is 0.296 e. The molecule has 0 unspecified atom stereocenters. The van der Waals surface area contributed by atoms with Crippen molar-refractivity contribution in [1.82, 2.24) is 4.90 Å². The first-order valence-corrected chi connectivity index (χ1v) is 8.68. The topological polar surface area (TPSA) is 66.8 Å². The zero-order valence-electron chi connectivity index (χ0n) is 14.0. The second-order valence-electron chi connectivity index (χ2n) is 6.31. The highest BCUT2D eigenvalue weighted by molar-refractivity contribution is 6.35. The van der Waals surface area contributed by atoms with Crippen LogP contribution < -0.4 is 4.74 Å². The Kier molecular flexibility index (Phi) is 4.88. The number of imide groups is 1. The third-order valence-corrected chi connectivity index (χ3v) is 4.73. The minimum absolute atomic E-state index is 0.102. The third-order valence-electron chi connectivity index (χ3n) is 4.73. The van der Waals surface area contributed by atoms with Gasteiger partial charge in [0.2, 0.25) is 0 Å². The summed E-state index contributed by atoms with van der Waals surface area (Å²) in [6.07, 6.45) is 5.94. The molecule has 2 amide bonds. The van der Waals surface area contributed by atoms with E-state index in [2.05, 4.69) is 0 Å². The Morgan fingerprint density at radius 2 is 1.67 bits per heavy atom. The van der Waals surface area contributed by atoms with E-state index in [0.29, 0.717) is 17.9 Å². The van der Waals surface area contributed by atoms with Gasteiger partial charge in [-0.1, -0.05) is 37.8 Å². The summed E-state index contributed by atoms with van der Waals surface area (Å²) in [4.78, 5) is 26.5. The molecule has 1 aliphatic heterocycles. The number of nitrogens with zero attached hydrogens (tertiary/aromatic N) is 1. The predicted octanol–water partition coefficient (Wildman–Crippen LogP) is 3.45. The lowest BCUT2D eigenvalue weighted by Gasteiger charge is -2.25. The fourth-order valence-corrected chi connectivity index (χ4v) is 3.53. The van der Waals surface area contributed by atoms with Crippen LogP contribution in [0, 0.1) is 0 Å². The lowest BCUT2D eigenvalue weighted by Crippen LogP contribution is -2.40. The number of ether oxygens (including phenoxy) is 1. The number of carbonyl (C=O) groups is 2. The highest BCUT2D eigenvalue weighted by Gasteiger charge is 2.42. The van der Waals surface area contributed by atoms with Gasteiger partial charge in [-0.05, 0) is 37.5 Å². The van der Waals surface area contributed by atoms with Crippen LogP contribution in [0.4, 0.5) is 0 Å². The van der Waals surface area contributed by atoms with Crippen molar-refractivity contribution in [2.75, 3.05) is 6.61 Å². The number of aliphatic hydroxyl groups excluding tert-OH is 1. The molecular formula is C19H23NO4. The minimum Gasteiger partial charge on any atom is -0.502 e. The molecule has 1 heterocycles. The smallest absolute Gasteiger partial charge is 0.296 e. The highest BCUT2D eigenvalue weighted by atomic mass is 16.5. The van der Waals surface area contributed by atoms with Gasteiger partial charge in [-0.15, -0.1) is 0 Å². The van der Waals surface area contributed by atoms with Crippen LogP contribution in [0.2, 0.25) is 0 Å². The van der Waals surface area contributed by atoms with Crippen LogP contribution in [-0.2, 0) is 9.59 Å². The lowest BCUT2D eigenvalue weighted by atomic mass is 10.0. The molecule has 5 nitrogen and oxygen atoms in total. The molecule has 1 aromatic carbocycles. The van der Waals surface area contributed by atoms with Crippen molar-refractivity contribution < 1.29 is 19.4 Å². The van der Waals surface area contributed by atoms with E-state index in [9.17, 15) is 14.7 Å². The van der Waals surface area contributed by atoms with E-state index >= 15 is 0 Å². The fraction of sp³-hybridized carbons (Fsp3) is 0.474. The van der Waals surface area contributed by atoms with Crippen molar-refractivity contribution in [2.45, 2.75) is 51.5 Å². The summed E-state index contributed by atoms with van der Waals surface area (Å²) < 4.78 is 5.39. The van der Waals surface area contributed by atoms with Gasteiger partial charge in [0.1, 0.15) is 5.75 Å². The highest BCUT2D eigenvalue weighted by Crippen LogP contribution is 2.33. The average Bonchev–Trinajstić information content (AvgIpc) is 2.78. The van der Waals surface area contributed by atoms with Crippen LogP contribution in [0.25, 0.3) is 5.57 Å². The Hall–Kier alpha value is -2.30. The predicted molar refractivity (Wildman–Crippen MR) is 90.5 cm³/mol. The Bertz CT molecular complexity index is 654. The number of rotatable bonds is 4. The summed E-state index contributed by atoms with van der Waals surface area (Å²) in [5, 5.41) is 10.3. The zero-order valence-corrected chi connectivity index (χ0v) is 14.0. The molecule has 0 radical (unpaired) electrons. The number of hydrogen-bond acceptors (Lipinski definition) is 4. The molecule has 0 saturated heterocycles. The number of benzene rings is 1. The summed E-state index contributed by atoms with van der Waals surface area (Å²) in [6, 6.07) is 6.79. The Morgan fingerprint density at radius 1 is 1.04 bits per heavy atom.